The second kappa shape index (κ2) is 6.36. The highest BCUT2D eigenvalue weighted by Crippen LogP contribution is 2.28. The molecule has 0 bridgehead atoms. The standard InChI is InChI=1S/C14H20N4O2S/c1-9(19)5-6-17(3)14(20)12-10(2)16-13(21-12)11-7-15-18(4)8-11/h7-9,19H,5-6H2,1-4H3. The fraction of sp³-hybridized carbons (Fsp3) is 0.500. The predicted molar refractivity (Wildman–Crippen MR) is 82.3 cm³/mol. The van der Waals surface area contributed by atoms with Crippen LogP contribution in [0.4, 0.5) is 0 Å². The van der Waals surface area contributed by atoms with Gasteiger partial charge >= 0.3 is 0 Å². The fourth-order valence-corrected chi connectivity index (χ4v) is 2.94. The van der Waals surface area contributed by atoms with Crippen LogP contribution in [0.25, 0.3) is 10.6 Å². The van der Waals surface area contributed by atoms with E-state index in [1.165, 1.54) is 11.3 Å². The number of amides is 1. The number of aryl methyl sites for hydroxylation is 2. The number of carbonyl (C=O) groups is 1. The SMILES string of the molecule is Cc1nc(-c2cnn(C)c2)sc1C(=O)N(C)CCC(C)O. The van der Waals surface area contributed by atoms with E-state index in [1.54, 1.807) is 29.7 Å². The summed E-state index contributed by atoms with van der Waals surface area (Å²) in [6.45, 7) is 4.08. The van der Waals surface area contributed by atoms with E-state index in [4.69, 9.17) is 0 Å². The van der Waals surface area contributed by atoms with Crippen LogP contribution in [0, 0.1) is 6.92 Å². The van der Waals surface area contributed by atoms with Gasteiger partial charge in [0.05, 0.1) is 18.0 Å². The van der Waals surface area contributed by atoms with Crippen molar-refractivity contribution in [2.24, 2.45) is 7.05 Å². The molecular formula is C14H20N4O2S. The van der Waals surface area contributed by atoms with Crippen molar-refractivity contribution in [3.8, 4) is 10.6 Å². The van der Waals surface area contributed by atoms with Crippen LogP contribution in [0.5, 0.6) is 0 Å². The molecule has 114 valence electrons. The molecule has 0 aliphatic heterocycles. The van der Waals surface area contributed by atoms with E-state index in [-0.39, 0.29) is 5.91 Å². The molecule has 0 saturated carbocycles. The first-order valence-electron chi connectivity index (χ1n) is 6.78. The molecule has 2 heterocycles. The van der Waals surface area contributed by atoms with Crippen molar-refractivity contribution in [2.75, 3.05) is 13.6 Å². The topological polar surface area (TPSA) is 71.2 Å². The third-order valence-electron chi connectivity index (χ3n) is 3.17. The monoisotopic (exact) mass is 308 g/mol. The van der Waals surface area contributed by atoms with Gasteiger partial charge in [0.1, 0.15) is 9.88 Å². The van der Waals surface area contributed by atoms with Gasteiger partial charge in [-0.25, -0.2) is 4.98 Å². The lowest BCUT2D eigenvalue weighted by atomic mass is 10.2. The van der Waals surface area contributed by atoms with Crippen LogP contribution in [-0.4, -0.2) is 50.4 Å². The van der Waals surface area contributed by atoms with Gasteiger partial charge < -0.3 is 10.0 Å². The quantitative estimate of drug-likeness (QED) is 0.912. The Kier molecular flexibility index (Phi) is 4.74. The van der Waals surface area contributed by atoms with Crippen molar-refractivity contribution in [2.45, 2.75) is 26.4 Å². The second-order valence-corrected chi connectivity index (χ2v) is 6.20. The van der Waals surface area contributed by atoms with E-state index < -0.39 is 6.10 Å². The Hall–Kier alpha value is -1.73. The van der Waals surface area contributed by atoms with Gasteiger partial charge in [0.2, 0.25) is 0 Å². The number of carbonyl (C=O) groups excluding carboxylic acids is 1. The number of hydrogen-bond donors (Lipinski definition) is 1. The smallest absolute Gasteiger partial charge is 0.265 e. The molecule has 0 aliphatic carbocycles. The van der Waals surface area contributed by atoms with E-state index in [2.05, 4.69) is 10.1 Å². The summed E-state index contributed by atoms with van der Waals surface area (Å²) >= 11 is 1.38. The maximum atomic E-state index is 12.4. The van der Waals surface area contributed by atoms with Gasteiger partial charge in [-0.3, -0.25) is 9.48 Å². The first-order chi connectivity index (χ1) is 9.88. The van der Waals surface area contributed by atoms with Crippen LogP contribution in [0.1, 0.15) is 28.7 Å². The van der Waals surface area contributed by atoms with E-state index in [1.807, 2.05) is 20.2 Å². The van der Waals surface area contributed by atoms with E-state index >= 15 is 0 Å². The summed E-state index contributed by atoms with van der Waals surface area (Å²) in [7, 11) is 3.59. The highest BCUT2D eigenvalue weighted by atomic mass is 32.1. The molecule has 2 aromatic rings. The van der Waals surface area contributed by atoms with E-state index in [0.717, 1.165) is 16.3 Å². The third-order valence-corrected chi connectivity index (χ3v) is 4.37. The van der Waals surface area contributed by atoms with Crippen LogP contribution < -0.4 is 0 Å². The van der Waals surface area contributed by atoms with Crippen LogP contribution in [0.3, 0.4) is 0 Å². The lowest BCUT2D eigenvalue weighted by Crippen LogP contribution is -2.29. The van der Waals surface area contributed by atoms with Gasteiger partial charge in [-0.05, 0) is 20.3 Å². The van der Waals surface area contributed by atoms with Crippen molar-refractivity contribution in [1.29, 1.82) is 0 Å². The number of rotatable bonds is 5. The van der Waals surface area contributed by atoms with Crippen LogP contribution in [-0.2, 0) is 7.05 Å². The highest BCUT2D eigenvalue weighted by molar-refractivity contribution is 7.17. The summed E-state index contributed by atoms with van der Waals surface area (Å²) in [6.07, 6.45) is 3.77. The lowest BCUT2D eigenvalue weighted by Gasteiger charge is -2.17. The summed E-state index contributed by atoms with van der Waals surface area (Å²) in [5.74, 6) is -0.0548. The first kappa shape index (κ1) is 15.7. The van der Waals surface area contributed by atoms with Crippen LogP contribution in [0.15, 0.2) is 12.4 Å². The zero-order valence-electron chi connectivity index (χ0n) is 12.7. The van der Waals surface area contributed by atoms with Crippen molar-refractivity contribution < 1.29 is 9.90 Å². The zero-order valence-corrected chi connectivity index (χ0v) is 13.5. The van der Waals surface area contributed by atoms with Gasteiger partial charge in [0, 0.05) is 32.4 Å². The molecule has 0 spiro atoms. The molecule has 2 aromatic heterocycles. The first-order valence-corrected chi connectivity index (χ1v) is 7.60. The van der Waals surface area contributed by atoms with Gasteiger partial charge in [0.15, 0.2) is 0 Å². The summed E-state index contributed by atoms with van der Waals surface area (Å²) in [5, 5.41) is 14.2. The number of aliphatic hydroxyl groups is 1. The highest BCUT2D eigenvalue weighted by Gasteiger charge is 2.20. The largest absolute Gasteiger partial charge is 0.393 e. The molecule has 0 aliphatic rings. The van der Waals surface area contributed by atoms with Crippen LogP contribution in [0.2, 0.25) is 0 Å². The van der Waals surface area contributed by atoms with Crippen LogP contribution >= 0.6 is 11.3 Å². The van der Waals surface area contributed by atoms with E-state index in [0.29, 0.717) is 17.8 Å². The number of nitrogens with zero attached hydrogens (tertiary/aromatic N) is 4. The molecule has 1 atom stereocenters. The van der Waals surface area contributed by atoms with Crippen molar-refractivity contribution >= 4 is 17.2 Å². The molecule has 1 unspecified atom stereocenters. The summed E-state index contributed by atoms with van der Waals surface area (Å²) < 4.78 is 1.71. The fourth-order valence-electron chi connectivity index (χ4n) is 1.91. The van der Waals surface area contributed by atoms with Gasteiger partial charge in [-0.15, -0.1) is 11.3 Å². The number of hydrogen-bond acceptors (Lipinski definition) is 5. The Labute approximate surface area is 128 Å². The third kappa shape index (κ3) is 3.68. The molecule has 0 radical (unpaired) electrons. The van der Waals surface area contributed by atoms with Gasteiger partial charge in [-0.1, -0.05) is 0 Å². The molecule has 0 aromatic carbocycles. The molecule has 1 amide bonds. The normalized spacial score (nSPS) is 12.4. The van der Waals surface area contributed by atoms with Crippen molar-refractivity contribution in [3.63, 3.8) is 0 Å². The molecule has 7 heteroatoms. The summed E-state index contributed by atoms with van der Waals surface area (Å²) in [6, 6.07) is 0. The van der Waals surface area contributed by atoms with Crippen molar-refractivity contribution in [3.05, 3.63) is 23.0 Å². The molecular weight excluding hydrogens is 288 g/mol. The minimum absolute atomic E-state index is 0.0548. The Morgan fingerprint density at radius 1 is 1.57 bits per heavy atom. The Morgan fingerprint density at radius 2 is 2.29 bits per heavy atom. The summed E-state index contributed by atoms with van der Waals surface area (Å²) in [5.41, 5.74) is 1.64. The lowest BCUT2D eigenvalue weighted by molar-refractivity contribution is 0.0773. The van der Waals surface area contributed by atoms with Gasteiger partial charge in [-0.2, -0.15) is 5.10 Å². The predicted octanol–water partition coefficient (Wildman–Crippen LogP) is 1.69. The molecule has 2 rings (SSSR count). The summed E-state index contributed by atoms with van der Waals surface area (Å²) in [4.78, 5) is 19.1. The molecule has 0 saturated heterocycles. The molecule has 21 heavy (non-hydrogen) atoms. The maximum absolute atomic E-state index is 12.4. The zero-order chi connectivity index (χ0) is 15.6. The molecule has 6 nitrogen and oxygen atoms in total. The Balaban J connectivity index is 2.17. The maximum Gasteiger partial charge on any atom is 0.265 e. The Bertz CT molecular complexity index is 633. The van der Waals surface area contributed by atoms with E-state index in [9.17, 15) is 9.90 Å². The minimum Gasteiger partial charge on any atom is -0.393 e. The number of aromatic nitrogens is 3. The number of aliphatic hydroxyl groups excluding tert-OH is 1. The molecule has 0 fully saturated rings. The minimum atomic E-state index is -0.409. The second-order valence-electron chi connectivity index (χ2n) is 5.20. The Morgan fingerprint density at radius 3 is 2.86 bits per heavy atom. The average molecular weight is 308 g/mol. The van der Waals surface area contributed by atoms with Gasteiger partial charge in [0.25, 0.3) is 5.91 Å². The van der Waals surface area contributed by atoms with Crippen molar-refractivity contribution in [1.82, 2.24) is 19.7 Å². The molecule has 1 N–H and O–H groups in total. The number of thiazole rings is 1. The average Bonchev–Trinajstić information content (AvgIpc) is 3.01.